The Bertz CT molecular complexity index is 1240. The van der Waals surface area contributed by atoms with Crippen molar-refractivity contribution in [3.05, 3.63) is 59.9 Å². The zero-order chi connectivity index (χ0) is 22.1. The third-order valence-corrected chi connectivity index (χ3v) is 6.70. The lowest BCUT2D eigenvalue weighted by Gasteiger charge is -2.22. The number of rotatable bonds is 6. The van der Waals surface area contributed by atoms with E-state index in [9.17, 15) is 9.18 Å². The van der Waals surface area contributed by atoms with Crippen LogP contribution in [-0.4, -0.2) is 62.2 Å². The first-order valence-corrected chi connectivity index (χ1v) is 11.5. The summed E-state index contributed by atoms with van der Waals surface area (Å²) in [5, 5.41) is 4.96. The molecule has 32 heavy (non-hydrogen) atoms. The molecule has 0 aliphatic carbocycles. The normalized spacial score (nSPS) is 18.9. The summed E-state index contributed by atoms with van der Waals surface area (Å²) in [4.78, 5) is 29.5. The number of likely N-dealkylation sites (N-methyl/N-ethyl adjacent to an activating group) is 1. The largest absolute Gasteiger partial charge is 0.350 e. The maximum atomic E-state index is 13.7. The lowest BCUT2D eigenvalue weighted by Crippen LogP contribution is -2.40. The fourth-order valence-corrected chi connectivity index (χ4v) is 4.84. The Kier molecular flexibility index (Phi) is 5.67. The first kappa shape index (κ1) is 20.7. The number of aromatic nitrogens is 4. The van der Waals surface area contributed by atoms with E-state index in [0.29, 0.717) is 36.5 Å². The first-order valence-electron chi connectivity index (χ1n) is 10.6. The van der Waals surface area contributed by atoms with Crippen LogP contribution in [0.4, 0.5) is 4.39 Å². The van der Waals surface area contributed by atoms with Crippen LogP contribution in [0.5, 0.6) is 0 Å². The molecule has 1 saturated heterocycles. The molecular weight excluding hydrogens is 427 g/mol. The van der Waals surface area contributed by atoms with Crippen LogP contribution in [0, 0.1) is 0 Å². The SMILES string of the molecule is CCN1C[C@@H](F)C[C@H]1CNC(=O)c1ccnc(-n2cnc3ccc(-c4cccs4)nc32)c1. The summed E-state index contributed by atoms with van der Waals surface area (Å²) >= 11 is 1.63. The van der Waals surface area contributed by atoms with Gasteiger partial charge >= 0.3 is 0 Å². The zero-order valence-corrected chi connectivity index (χ0v) is 18.4. The van der Waals surface area contributed by atoms with Crippen molar-refractivity contribution < 1.29 is 9.18 Å². The van der Waals surface area contributed by atoms with Crippen molar-refractivity contribution in [2.45, 2.75) is 25.6 Å². The molecule has 0 radical (unpaired) electrons. The Hall–Kier alpha value is -3.17. The molecule has 5 heterocycles. The molecule has 164 valence electrons. The van der Waals surface area contributed by atoms with Crippen molar-refractivity contribution in [1.29, 1.82) is 0 Å². The van der Waals surface area contributed by atoms with Crippen LogP contribution in [0.2, 0.25) is 0 Å². The number of carbonyl (C=O) groups excluding carboxylic acids is 1. The maximum absolute atomic E-state index is 13.7. The number of imidazole rings is 1. The third-order valence-electron chi connectivity index (χ3n) is 5.80. The first-order chi connectivity index (χ1) is 15.6. The van der Waals surface area contributed by atoms with Crippen molar-refractivity contribution in [1.82, 2.24) is 29.7 Å². The van der Waals surface area contributed by atoms with Gasteiger partial charge in [-0.15, -0.1) is 11.3 Å². The molecule has 0 bridgehead atoms. The Morgan fingerprint density at radius 3 is 3.00 bits per heavy atom. The predicted octanol–water partition coefficient (Wildman–Crippen LogP) is 3.71. The molecule has 0 saturated carbocycles. The number of pyridine rings is 2. The highest BCUT2D eigenvalue weighted by Crippen LogP contribution is 2.25. The highest BCUT2D eigenvalue weighted by Gasteiger charge is 2.31. The fraction of sp³-hybridized carbons (Fsp3) is 0.304. The van der Waals surface area contributed by atoms with Crippen LogP contribution in [0.1, 0.15) is 23.7 Å². The fourth-order valence-electron chi connectivity index (χ4n) is 4.15. The minimum absolute atomic E-state index is 0.0257. The van der Waals surface area contributed by atoms with Gasteiger partial charge in [0.15, 0.2) is 5.65 Å². The van der Waals surface area contributed by atoms with Crippen LogP contribution in [0.3, 0.4) is 0 Å². The predicted molar refractivity (Wildman–Crippen MR) is 123 cm³/mol. The number of nitrogens with zero attached hydrogens (tertiary/aromatic N) is 5. The van der Waals surface area contributed by atoms with Gasteiger partial charge in [-0.1, -0.05) is 13.0 Å². The van der Waals surface area contributed by atoms with Crippen LogP contribution < -0.4 is 5.32 Å². The van der Waals surface area contributed by atoms with Gasteiger partial charge in [0.25, 0.3) is 5.91 Å². The molecule has 9 heteroatoms. The zero-order valence-electron chi connectivity index (χ0n) is 17.6. The second kappa shape index (κ2) is 8.76. The maximum Gasteiger partial charge on any atom is 0.251 e. The summed E-state index contributed by atoms with van der Waals surface area (Å²) in [5.41, 5.74) is 2.79. The molecule has 0 aromatic carbocycles. The number of hydrogen-bond acceptors (Lipinski definition) is 6. The Labute approximate surface area is 188 Å². The number of halogens is 1. The summed E-state index contributed by atoms with van der Waals surface area (Å²) in [7, 11) is 0. The molecule has 0 spiro atoms. The van der Waals surface area contributed by atoms with Crippen LogP contribution in [0.15, 0.2) is 54.3 Å². The number of nitrogens with one attached hydrogen (secondary N) is 1. The molecule has 0 unspecified atom stereocenters. The van der Waals surface area contributed by atoms with E-state index < -0.39 is 6.17 Å². The quantitative estimate of drug-likeness (QED) is 0.485. The molecule has 1 amide bonds. The lowest BCUT2D eigenvalue weighted by molar-refractivity contribution is 0.0941. The van der Waals surface area contributed by atoms with Gasteiger partial charge in [-0.3, -0.25) is 14.3 Å². The summed E-state index contributed by atoms with van der Waals surface area (Å²) in [5.74, 6) is 0.361. The van der Waals surface area contributed by atoms with E-state index in [1.165, 1.54) is 0 Å². The van der Waals surface area contributed by atoms with Crippen molar-refractivity contribution in [3.63, 3.8) is 0 Å². The van der Waals surface area contributed by atoms with E-state index in [1.54, 1.807) is 40.6 Å². The molecule has 4 aromatic heterocycles. The molecular formula is C23H23FN6OS. The Morgan fingerprint density at radius 2 is 2.19 bits per heavy atom. The van der Waals surface area contributed by atoms with Crippen molar-refractivity contribution in [2.24, 2.45) is 0 Å². The van der Waals surface area contributed by atoms with E-state index >= 15 is 0 Å². The summed E-state index contributed by atoms with van der Waals surface area (Å²) < 4.78 is 15.5. The van der Waals surface area contributed by atoms with Gasteiger partial charge in [0.2, 0.25) is 0 Å². The summed E-state index contributed by atoms with van der Waals surface area (Å²) in [6.07, 6.45) is 2.89. The lowest BCUT2D eigenvalue weighted by atomic mass is 10.2. The van der Waals surface area contributed by atoms with Gasteiger partial charge in [0.05, 0.1) is 10.6 Å². The van der Waals surface area contributed by atoms with Gasteiger partial charge in [-0.05, 0) is 48.7 Å². The number of thiophene rings is 1. The second-order valence-corrected chi connectivity index (χ2v) is 8.77. The van der Waals surface area contributed by atoms with Crippen molar-refractivity contribution in [3.8, 4) is 16.4 Å². The standard InChI is InChI=1S/C23H23FN6OS/c1-2-29-13-16(24)11-17(29)12-26-23(31)15-7-8-25-21(10-15)30-14-27-19-6-5-18(28-22(19)30)20-4-3-9-32-20/h3-10,14,16-17H,2,11-13H2,1H3,(H,26,31)/t16-,17-/m0/s1. The molecule has 1 N–H and O–H groups in total. The third kappa shape index (κ3) is 4.01. The second-order valence-electron chi connectivity index (χ2n) is 7.82. The van der Waals surface area contributed by atoms with Crippen LogP contribution >= 0.6 is 11.3 Å². The van der Waals surface area contributed by atoms with E-state index in [0.717, 1.165) is 22.6 Å². The summed E-state index contributed by atoms with van der Waals surface area (Å²) in [6, 6.07) is 11.3. The minimum atomic E-state index is -0.828. The van der Waals surface area contributed by atoms with Gasteiger partial charge in [0, 0.05) is 30.9 Å². The monoisotopic (exact) mass is 450 g/mol. The van der Waals surface area contributed by atoms with Crippen molar-refractivity contribution in [2.75, 3.05) is 19.6 Å². The van der Waals surface area contributed by atoms with E-state index in [-0.39, 0.29) is 11.9 Å². The number of carbonyl (C=O) groups is 1. The average molecular weight is 451 g/mol. The molecule has 1 fully saturated rings. The van der Waals surface area contributed by atoms with Crippen LogP contribution in [-0.2, 0) is 0 Å². The Morgan fingerprint density at radius 1 is 1.28 bits per heavy atom. The van der Waals surface area contributed by atoms with Gasteiger partial charge in [-0.2, -0.15) is 0 Å². The van der Waals surface area contributed by atoms with Gasteiger partial charge < -0.3 is 5.32 Å². The van der Waals surface area contributed by atoms with E-state index in [2.05, 4.69) is 20.2 Å². The van der Waals surface area contributed by atoms with E-state index in [4.69, 9.17) is 4.98 Å². The van der Waals surface area contributed by atoms with Crippen molar-refractivity contribution >= 4 is 28.4 Å². The smallest absolute Gasteiger partial charge is 0.251 e. The number of likely N-dealkylation sites (tertiary alicyclic amines) is 1. The molecule has 7 nitrogen and oxygen atoms in total. The number of amides is 1. The number of fused-ring (bicyclic) bond motifs is 1. The molecule has 1 aliphatic rings. The highest BCUT2D eigenvalue weighted by atomic mass is 32.1. The van der Waals surface area contributed by atoms with Gasteiger partial charge in [0.1, 0.15) is 23.8 Å². The molecule has 1 aliphatic heterocycles. The highest BCUT2D eigenvalue weighted by molar-refractivity contribution is 7.13. The van der Waals surface area contributed by atoms with Crippen LogP contribution in [0.25, 0.3) is 27.6 Å². The Balaban J connectivity index is 1.37. The average Bonchev–Trinajstić information content (AvgIpc) is 3.56. The summed E-state index contributed by atoms with van der Waals surface area (Å²) in [6.45, 7) is 3.64. The molecule has 4 aromatic rings. The van der Waals surface area contributed by atoms with Gasteiger partial charge in [-0.25, -0.2) is 19.3 Å². The number of hydrogen-bond donors (Lipinski definition) is 1. The molecule has 2 atom stereocenters. The minimum Gasteiger partial charge on any atom is -0.350 e. The van der Waals surface area contributed by atoms with E-state index in [1.807, 2.05) is 36.6 Å². The molecule has 5 rings (SSSR count). The number of alkyl halides is 1. The topological polar surface area (TPSA) is 75.9 Å².